The number of piperidine rings is 1. The zero-order valence-corrected chi connectivity index (χ0v) is 6.95. The fourth-order valence-electron chi connectivity index (χ4n) is 2.32. The minimum Gasteiger partial charge on any atom is -0.319 e. The van der Waals surface area contributed by atoms with Gasteiger partial charge in [-0.15, -0.1) is 0 Å². The minimum absolute atomic E-state index is 0.260. The van der Waals surface area contributed by atoms with Crippen LogP contribution in [0.2, 0.25) is 0 Å². The van der Waals surface area contributed by atoms with Gasteiger partial charge < -0.3 is 11.1 Å². The predicted octanol–water partition coefficient (Wildman–Crippen LogP) is 0.722. The summed E-state index contributed by atoms with van der Waals surface area (Å²) in [5.74, 6) is -3.19. The molecule has 2 rings (SSSR count). The van der Waals surface area contributed by atoms with Crippen molar-refractivity contribution in [3.8, 4) is 0 Å². The van der Waals surface area contributed by atoms with Crippen LogP contribution in [0.5, 0.6) is 0 Å². The van der Waals surface area contributed by atoms with Gasteiger partial charge in [-0.2, -0.15) is 0 Å². The van der Waals surface area contributed by atoms with E-state index in [1.54, 1.807) is 0 Å². The molecule has 4 heteroatoms. The van der Waals surface area contributed by atoms with Gasteiger partial charge in [0.15, 0.2) is 0 Å². The summed E-state index contributed by atoms with van der Waals surface area (Å²) in [5, 5.41) is 2.98. The molecule has 0 spiro atoms. The average molecular weight is 176 g/mol. The smallest absolute Gasteiger partial charge is 0.270 e. The van der Waals surface area contributed by atoms with E-state index in [9.17, 15) is 8.78 Å². The number of hydrogen-bond donors (Lipinski definition) is 2. The lowest BCUT2D eigenvalue weighted by Crippen LogP contribution is -2.71. The molecule has 1 aliphatic carbocycles. The minimum atomic E-state index is -2.66. The topological polar surface area (TPSA) is 38.0 Å². The number of hydrogen-bond acceptors (Lipinski definition) is 2. The monoisotopic (exact) mass is 176 g/mol. The van der Waals surface area contributed by atoms with E-state index in [2.05, 4.69) is 5.32 Å². The van der Waals surface area contributed by atoms with Crippen molar-refractivity contribution in [2.75, 3.05) is 13.1 Å². The van der Waals surface area contributed by atoms with Crippen molar-refractivity contribution in [3.05, 3.63) is 0 Å². The van der Waals surface area contributed by atoms with Crippen molar-refractivity contribution in [2.45, 2.75) is 30.7 Å². The highest BCUT2D eigenvalue weighted by Crippen LogP contribution is 2.45. The summed E-state index contributed by atoms with van der Waals surface area (Å²) < 4.78 is 27.1. The fourth-order valence-corrected chi connectivity index (χ4v) is 2.32. The van der Waals surface area contributed by atoms with Gasteiger partial charge in [-0.05, 0) is 12.8 Å². The Morgan fingerprint density at radius 2 is 2.17 bits per heavy atom. The molecule has 0 aromatic heterocycles. The van der Waals surface area contributed by atoms with Gasteiger partial charge in [0.1, 0.15) is 0 Å². The molecule has 0 amide bonds. The standard InChI is InChI=1S/C8H14F2N2/c9-8(10)6-2-1-3-7(8,11)5-12-4-6/h6,12H,1-5,11H2. The highest BCUT2D eigenvalue weighted by Gasteiger charge is 2.59. The van der Waals surface area contributed by atoms with Gasteiger partial charge in [0.05, 0.1) is 5.54 Å². The van der Waals surface area contributed by atoms with Gasteiger partial charge in [0, 0.05) is 19.0 Å². The average Bonchev–Trinajstić information content (AvgIpc) is 1.93. The zero-order chi connectivity index (χ0) is 8.82. The van der Waals surface area contributed by atoms with Gasteiger partial charge in [0.25, 0.3) is 5.92 Å². The molecule has 70 valence electrons. The highest BCUT2D eigenvalue weighted by atomic mass is 19.3. The molecule has 0 aromatic rings. The molecule has 2 atom stereocenters. The van der Waals surface area contributed by atoms with Gasteiger partial charge in [0.2, 0.25) is 0 Å². The van der Waals surface area contributed by atoms with Crippen LogP contribution in [-0.2, 0) is 0 Å². The molecular weight excluding hydrogens is 162 g/mol. The quantitative estimate of drug-likeness (QED) is 0.571. The van der Waals surface area contributed by atoms with Crippen LogP contribution in [0, 0.1) is 5.92 Å². The SMILES string of the molecule is NC12CCCC(CNC1)C2(F)F. The Kier molecular flexibility index (Phi) is 1.67. The molecule has 1 saturated heterocycles. The van der Waals surface area contributed by atoms with E-state index in [4.69, 9.17) is 5.73 Å². The first-order valence-corrected chi connectivity index (χ1v) is 4.44. The maximum absolute atomic E-state index is 13.5. The van der Waals surface area contributed by atoms with E-state index in [0.717, 1.165) is 6.42 Å². The first-order chi connectivity index (χ1) is 5.56. The van der Waals surface area contributed by atoms with E-state index < -0.39 is 17.4 Å². The van der Waals surface area contributed by atoms with E-state index in [1.807, 2.05) is 0 Å². The molecule has 2 fully saturated rings. The van der Waals surface area contributed by atoms with Crippen molar-refractivity contribution >= 4 is 0 Å². The lowest BCUT2D eigenvalue weighted by Gasteiger charge is -2.49. The van der Waals surface area contributed by atoms with Gasteiger partial charge >= 0.3 is 0 Å². The third-order valence-corrected chi connectivity index (χ3v) is 3.18. The molecule has 12 heavy (non-hydrogen) atoms. The van der Waals surface area contributed by atoms with E-state index >= 15 is 0 Å². The van der Waals surface area contributed by atoms with Crippen LogP contribution in [-0.4, -0.2) is 24.6 Å². The van der Waals surface area contributed by atoms with Crippen LogP contribution in [0.4, 0.5) is 8.78 Å². The molecule has 2 bridgehead atoms. The van der Waals surface area contributed by atoms with Gasteiger partial charge in [-0.25, -0.2) is 8.78 Å². The summed E-state index contributed by atoms with van der Waals surface area (Å²) >= 11 is 0. The Morgan fingerprint density at radius 1 is 1.42 bits per heavy atom. The number of alkyl halides is 2. The summed E-state index contributed by atoms with van der Waals surface area (Å²) in [6.45, 7) is 0.683. The second kappa shape index (κ2) is 2.39. The first kappa shape index (κ1) is 8.38. The second-order valence-corrected chi connectivity index (χ2v) is 4.00. The van der Waals surface area contributed by atoms with Crippen molar-refractivity contribution < 1.29 is 8.78 Å². The van der Waals surface area contributed by atoms with Crippen LogP contribution in [0.3, 0.4) is 0 Å². The summed E-state index contributed by atoms with van der Waals surface area (Å²) in [6.07, 6.45) is 1.90. The Morgan fingerprint density at radius 3 is 2.75 bits per heavy atom. The molecule has 1 aliphatic heterocycles. The van der Waals surface area contributed by atoms with Crippen molar-refractivity contribution in [1.29, 1.82) is 0 Å². The van der Waals surface area contributed by atoms with Crippen molar-refractivity contribution in [3.63, 3.8) is 0 Å². The maximum Gasteiger partial charge on any atom is 0.270 e. The largest absolute Gasteiger partial charge is 0.319 e. The zero-order valence-electron chi connectivity index (χ0n) is 6.95. The van der Waals surface area contributed by atoms with E-state index in [1.165, 1.54) is 0 Å². The third kappa shape index (κ3) is 0.910. The van der Waals surface area contributed by atoms with Gasteiger partial charge in [-0.1, -0.05) is 6.42 Å². The Labute approximate surface area is 70.5 Å². The number of halogens is 2. The van der Waals surface area contributed by atoms with Crippen molar-refractivity contribution in [2.24, 2.45) is 11.7 Å². The van der Waals surface area contributed by atoms with Gasteiger partial charge in [-0.3, -0.25) is 0 Å². The van der Waals surface area contributed by atoms with Crippen molar-refractivity contribution in [1.82, 2.24) is 5.32 Å². The summed E-state index contributed by atoms with van der Waals surface area (Å²) in [6, 6.07) is 0. The number of rotatable bonds is 0. The molecule has 1 heterocycles. The summed E-state index contributed by atoms with van der Waals surface area (Å²) in [7, 11) is 0. The molecule has 1 saturated carbocycles. The molecule has 2 nitrogen and oxygen atoms in total. The van der Waals surface area contributed by atoms with Crippen LogP contribution in [0.15, 0.2) is 0 Å². The Bertz CT molecular complexity index is 181. The second-order valence-electron chi connectivity index (χ2n) is 4.00. The number of nitrogens with two attached hydrogens (primary N) is 1. The molecule has 0 aromatic carbocycles. The Balaban J connectivity index is 2.29. The summed E-state index contributed by atoms with van der Waals surface area (Å²) in [5.41, 5.74) is 4.40. The van der Waals surface area contributed by atoms with Crippen LogP contribution >= 0.6 is 0 Å². The predicted molar refractivity (Wildman–Crippen MR) is 42.1 cm³/mol. The lowest BCUT2D eigenvalue weighted by atomic mass is 9.70. The van der Waals surface area contributed by atoms with E-state index in [0.29, 0.717) is 19.4 Å². The fraction of sp³-hybridized carbons (Fsp3) is 1.00. The molecule has 2 unspecified atom stereocenters. The number of nitrogens with one attached hydrogen (secondary N) is 1. The van der Waals surface area contributed by atoms with E-state index in [-0.39, 0.29) is 6.54 Å². The molecule has 3 N–H and O–H groups in total. The first-order valence-electron chi connectivity index (χ1n) is 4.44. The normalized spacial score (nSPS) is 45.8. The third-order valence-electron chi connectivity index (χ3n) is 3.18. The molecular formula is C8H14F2N2. The Hall–Kier alpha value is -0.220. The van der Waals surface area contributed by atoms with Crippen LogP contribution in [0.1, 0.15) is 19.3 Å². The molecule has 0 radical (unpaired) electrons. The maximum atomic E-state index is 13.5. The molecule has 2 aliphatic rings. The summed E-state index contributed by atoms with van der Waals surface area (Å²) in [4.78, 5) is 0. The van der Waals surface area contributed by atoms with Crippen LogP contribution in [0.25, 0.3) is 0 Å². The number of fused-ring (bicyclic) bond motifs is 2. The lowest BCUT2D eigenvalue weighted by molar-refractivity contribution is -0.158. The highest BCUT2D eigenvalue weighted by molar-refractivity contribution is 5.09. The van der Waals surface area contributed by atoms with Crippen LogP contribution < -0.4 is 11.1 Å².